The van der Waals surface area contributed by atoms with Crippen LogP contribution in [0.4, 0.5) is 17.2 Å². The minimum atomic E-state index is -0.345. The molecule has 36 heavy (non-hydrogen) atoms. The monoisotopic (exact) mass is 670 g/mol. The van der Waals surface area contributed by atoms with Crippen molar-refractivity contribution in [2.75, 3.05) is 11.5 Å². The fourth-order valence-electron chi connectivity index (χ4n) is 3.67. The zero-order valence-electron chi connectivity index (χ0n) is 19.3. The fraction of sp³-hybridized carbons (Fsp3) is 0.0690. The largest absolute Gasteiger partial charge is 2.00 e. The number of benzene rings is 2. The molecule has 5 rings (SSSR count). The first-order valence-electron chi connectivity index (χ1n) is 11.2. The molecule has 0 radical (unpaired) electrons. The van der Waals surface area contributed by atoms with Crippen LogP contribution in [-0.4, -0.2) is 22.5 Å². The normalized spacial score (nSPS) is 10.4. The molecular weight excluding hydrogens is 649 g/mol. The van der Waals surface area contributed by atoms with Crippen molar-refractivity contribution in [3.05, 3.63) is 114 Å². The summed E-state index contributed by atoms with van der Waals surface area (Å²) in [6.45, 7) is 2.13. The SMILES string of the molecule is CCOC(=O)c1ccc(N(c2[c-]c(-c3[c-]ccs3)ccc2)c2cccc(-c3ccccn3)n2)cc1.[Pt+2]. The Morgan fingerprint density at radius 2 is 1.78 bits per heavy atom. The minimum Gasteiger partial charge on any atom is -0.462 e. The number of rotatable bonds is 7. The van der Waals surface area contributed by atoms with Gasteiger partial charge in [0.15, 0.2) is 0 Å². The van der Waals surface area contributed by atoms with Gasteiger partial charge in [-0.05, 0) is 61.1 Å². The van der Waals surface area contributed by atoms with E-state index in [0.29, 0.717) is 18.0 Å². The molecule has 0 N–H and O–H groups in total. The molecule has 3 aromatic heterocycles. The zero-order chi connectivity index (χ0) is 24.0. The van der Waals surface area contributed by atoms with Crippen LogP contribution < -0.4 is 4.90 Å². The summed E-state index contributed by atoms with van der Waals surface area (Å²) in [7, 11) is 0. The molecule has 0 bridgehead atoms. The predicted octanol–water partition coefficient (Wildman–Crippen LogP) is 7.12. The van der Waals surface area contributed by atoms with Crippen LogP contribution in [0.5, 0.6) is 0 Å². The van der Waals surface area contributed by atoms with Gasteiger partial charge in [-0.1, -0.05) is 12.1 Å². The summed E-state index contributed by atoms with van der Waals surface area (Å²) in [4.78, 5) is 24.6. The number of hydrogen-bond acceptors (Lipinski definition) is 6. The van der Waals surface area contributed by atoms with Crippen molar-refractivity contribution in [2.45, 2.75) is 6.92 Å². The van der Waals surface area contributed by atoms with Crippen LogP contribution in [0.2, 0.25) is 0 Å². The van der Waals surface area contributed by atoms with E-state index in [2.05, 4.69) is 17.1 Å². The third-order valence-electron chi connectivity index (χ3n) is 5.26. The molecule has 0 saturated carbocycles. The van der Waals surface area contributed by atoms with Gasteiger partial charge in [0.05, 0.1) is 23.6 Å². The Morgan fingerprint density at radius 1 is 0.972 bits per heavy atom. The Bertz CT molecular complexity index is 1420. The van der Waals surface area contributed by atoms with Crippen LogP contribution in [0, 0.1) is 12.1 Å². The molecular formula is C29H21N3O2PtS. The Kier molecular flexibility index (Phi) is 8.42. The van der Waals surface area contributed by atoms with Crippen LogP contribution in [0.1, 0.15) is 17.3 Å². The van der Waals surface area contributed by atoms with Gasteiger partial charge in [0.25, 0.3) is 0 Å². The average Bonchev–Trinajstić information content (AvgIpc) is 3.46. The molecule has 180 valence electrons. The van der Waals surface area contributed by atoms with Gasteiger partial charge in [0.2, 0.25) is 0 Å². The molecule has 0 amide bonds. The number of esters is 1. The minimum absolute atomic E-state index is 0. The quantitative estimate of drug-likeness (QED) is 0.137. The van der Waals surface area contributed by atoms with Crippen LogP contribution in [0.25, 0.3) is 21.8 Å². The summed E-state index contributed by atoms with van der Waals surface area (Å²) in [6.07, 6.45) is 1.75. The van der Waals surface area contributed by atoms with Crippen molar-refractivity contribution >= 4 is 34.5 Å². The number of nitrogens with zero attached hydrogens (tertiary/aromatic N) is 3. The molecule has 3 heterocycles. The molecule has 0 saturated heterocycles. The number of thiophene rings is 1. The molecule has 0 aliphatic rings. The van der Waals surface area contributed by atoms with E-state index in [1.165, 1.54) is 0 Å². The summed E-state index contributed by atoms with van der Waals surface area (Å²) >= 11 is 1.62. The van der Waals surface area contributed by atoms with Gasteiger partial charge in [-0.2, -0.15) is 29.1 Å². The van der Waals surface area contributed by atoms with Gasteiger partial charge in [-0.25, -0.2) is 21.4 Å². The van der Waals surface area contributed by atoms with E-state index >= 15 is 0 Å². The third kappa shape index (κ3) is 5.62. The first-order chi connectivity index (χ1) is 17.2. The molecule has 5 aromatic rings. The summed E-state index contributed by atoms with van der Waals surface area (Å²) in [5.74, 6) is 0.364. The zero-order valence-corrected chi connectivity index (χ0v) is 22.4. The molecule has 0 unspecified atom stereocenters. The van der Waals surface area contributed by atoms with E-state index in [0.717, 1.165) is 33.2 Å². The number of anilines is 3. The average molecular weight is 671 g/mol. The van der Waals surface area contributed by atoms with Gasteiger partial charge in [-0.15, -0.1) is 11.4 Å². The molecule has 7 heteroatoms. The van der Waals surface area contributed by atoms with Crippen molar-refractivity contribution < 1.29 is 30.6 Å². The van der Waals surface area contributed by atoms with E-state index in [1.807, 2.05) is 83.1 Å². The Balaban J connectivity index is 0.00000304. The maximum Gasteiger partial charge on any atom is 2.00 e. The van der Waals surface area contributed by atoms with Gasteiger partial charge >= 0.3 is 27.0 Å². The van der Waals surface area contributed by atoms with Crippen molar-refractivity contribution in [1.29, 1.82) is 0 Å². The molecule has 0 atom stereocenters. The standard InChI is InChI=1S/C29H21N3O2S.Pt/c1-2-34-29(33)21-14-16-23(17-15-21)32(24-9-5-8-22(20-24)27-12-7-19-35-27)28-13-6-11-26(31-28)25-10-3-4-18-30-25;/h3-11,13-19H,2H2,1H3;/q-2;+2. The molecule has 2 aromatic carbocycles. The van der Waals surface area contributed by atoms with Crippen molar-refractivity contribution in [2.24, 2.45) is 0 Å². The van der Waals surface area contributed by atoms with Gasteiger partial charge in [0.1, 0.15) is 5.82 Å². The maximum absolute atomic E-state index is 12.2. The van der Waals surface area contributed by atoms with E-state index < -0.39 is 0 Å². The van der Waals surface area contributed by atoms with E-state index in [9.17, 15) is 4.79 Å². The fourth-order valence-corrected chi connectivity index (χ4v) is 4.32. The molecule has 0 fully saturated rings. The summed E-state index contributed by atoms with van der Waals surface area (Å²) in [6, 6.07) is 33.6. The number of carbonyl (C=O) groups is 1. The summed E-state index contributed by atoms with van der Waals surface area (Å²) in [5, 5.41) is 2.00. The van der Waals surface area contributed by atoms with Crippen LogP contribution in [0.3, 0.4) is 0 Å². The number of carbonyl (C=O) groups excluding carboxylic acids is 1. The predicted molar refractivity (Wildman–Crippen MR) is 139 cm³/mol. The first-order valence-corrected chi connectivity index (χ1v) is 12.0. The van der Waals surface area contributed by atoms with E-state index in [1.54, 1.807) is 36.6 Å². The van der Waals surface area contributed by atoms with Crippen LogP contribution in [-0.2, 0) is 25.8 Å². The van der Waals surface area contributed by atoms with Crippen molar-refractivity contribution in [1.82, 2.24) is 9.97 Å². The maximum atomic E-state index is 12.2. The topological polar surface area (TPSA) is 55.3 Å². The second kappa shape index (κ2) is 11.9. The Labute approximate surface area is 228 Å². The Hall–Kier alpha value is -3.60. The van der Waals surface area contributed by atoms with E-state index in [-0.39, 0.29) is 27.0 Å². The van der Waals surface area contributed by atoms with E-state index in [4.69, 9.17) is 9.72 Å². The summed E-state index contributed by atoms with van der Waals surface area (Å²) in [5.41, 5.74) is 4.66. The smallest absolute Gasteiger partial charge is 0.462 e. The second-order valence-electron chi connectivity index (χ2n) is 7.54. The van der Waals surface area contributed by atoms with Gasteiger partial charge in [0, 0.05) is 11.9 Å². The Morgan fingerprint density at radius 3 is 2.50 bits per heavy atom. The third-order valence-corrected chi connectivity index (χ3v) is 6.11. The van der Waals surface area contributed by atoms with Crippen molar-refractivity contribution in [3.8, 4) is 21.8 Å². The van der Waals surface area contributed by atoms with Crippen LogP contribution >= 0.6 is 11.3 Å². The van der Waals surface area contributed by atoms with Crippen LogP contribution in [0.15, 0.2) is 96.5 Å². The first kappa shape index (κ1) is 25.5. The van der Waals surface area contributed by atoms with Gasteiger partial charge < -0.3 is 9.64 Å². The molecule has 0 spiro atoms. The number of pyridine rings is 2. The number of ether oxygens (including phenoxy) is 1. The molecule has 0 aliphatic heterocycles. The number of aromatic nitrogens is 2. The van der Waals surface area contributed by atoms with Crippen molar-refractivity contribution in [3.63, 3.8) is 0 Å². The molecule has 0 aliphatic carbocycles. The van der Waals surface area contributed by atoms with Gasteiger partial charge in [-0.3, -0.25) is 16.3 Å². The number of hydrogen-bond donors (Lipinski definition) is 0. The summed E-state index contributed by atoms with van der Waals surface area (Å²) < 4.78 is 5.14. The molecule has 5 nitrogen and oxygen atoms in total. The second-order valence-corrected chi connectivity index (χ2v) is 8.46.